The highest BCUT2D eigenvalue weighted by atomic mass is 32.1. The van der Waals surface area contributed by atoms with Crippen molar-refractivity contribution in [1.82, 2.24) is 24.6 Å². The number of thiazole rings is 1. The molecule has 0 N–H and O–H groups in total. The van der Waals surface area contributed by atoms with Crippen LogP contribution in [0, 0.1) is 0 Å². The zero-order chi connectivity index (χ0) is 14.9. The van der Waals surface area contributed by atoms with Gasteiger partial charge in [-0.2, -0.15) is 9.50 Å². The first kappa shape index (κ1) is 12.8. The number of fused-ring (bicyclic) bond motifs is 1. The summed E-state index contributed by atoms with van der Waals surface area (Å²) in [4.78, 5) is 25.4. The predicted octanol–water partition coefficient (Wildman–Crippen LogP) is 1.16. The predicted molar refractivity (Wildman–Crippen MR) is 83.4 cm³/mol. The molecule has 0 aliphatic carbocycles. The van der Waals surface area contributed by atoms with Gasteiger partial charge in [-0.1, -0.05) is 17.4 Å². The van der Waals surface area contributed by atoms with Crippen LogP contribution in [0.1, 0.15) is 5.56 Å². The maximum atomic E-state index is 12.4. The maximum absolute atomic E-state index is 12.4. The monoisotopic (exact) mass is 307 g/mol. The fourth-order valence-electron chi connectivity index (χ4n) is 2.07. The van der Waals surface area contributed by atoms with Crippen LogP contribution in [-0.2, 0) is 0 Å². The molecule has 0 atom stereocenters. The van der Waals surface area contributed by atoms with Crippen LogP contribution in [0.25, 0.3) is 22.4 Å². The molecule has 4 heterocycles. The summed E-state index contributed by atoms with van der Waals surface area (Å²) < 4.78 is 1.92. The molecule has 106 valence electrons. The van der Waals surface area contributed by atoms with Gasteiger partial charge in [-0.25, -0.2) is 0 Å². The fourth-order valence-corrected chi connectivity index (χ4v) is 2.98. The molecule has 0 spiro atoms. The Kier molecular flexibility index (Phi) is 2.97. The van der Waals surface area contributed by atoms with Gasteiger partial charge < -0.3 is 0 Å². The Hall–Kier alpha value is -2.93. The lowest BCUT2D eigenvalue weighted by Crippen LogP contribution is -2.23. The highest BCUT2D eigenvalue weighted by molar-refractivity contribution is 7.15. The van der Waals surface area contributed by atoms with E-state index in [1.165, 1.54) is 15.9 Å². The van der Waals surface area contributed by atoms with Gasteiger partial charge in [0, 0.05) is 30.4 Å². The van der Waals surface area contributed by atoms with E-state index in [1.807, 2.05) is 24.3 Å². The molecule has 0 amide bonds. The largest absolute Gasteiger partial charge is 0.291 e. The van der Waals surface area contributed by atoms with Crippen LogP contribution in [0.15, 0.2) is 53.8 Å². The molecule has 0 aromatic carbocycles. The summed E-state index contributed by atoms with van der Waals surface area (Å²) in [6.45, 7) is 0. The van der Waals surface area contributed by atoms with Crippen molar-refractivity contribution >= 4 is 22.4 Å². The number of hydrogen-bond acceptors (Lipinski definition) is 6. The molecule has 6 nitrogen and oxygen atoms in total. The topological polar surface area (TPSA) is 73.0 Å². The first-order valence-electron chi connectivity index (χ1n) is 6.53. The van der Waals surface area contributed by atoms with Gasteiger partial charge in [0.25, 0.3) is 5.56 Å². The van der Waals surface area contributed by atoms with E-state index in [4.69, 9.17) is 0 Å². The Morgan fingerprint density at radius 3 is 2.68 bits per heavy atom. The van der Waals surface area contributed by atoms with E-state index in [0.29, 0.717) is 15.3 Å². The summed E-state index contributed by atoms with van der Waals surface area (Å²) in [5, 5.41) is 4.28. The molecule has 4 aromatic rings. The summed E-state index contributed by atoms with van der Waals surface area (Å²) in [5.74, 6) is 0.527. The Morgan fingerprint density at radius 2 is 1.95 bits per heavy atom. The van der Waals surface area contributed by atoms with Crippen molar-refractivity contribution < 1.29 is 0 Å². The number of nitrogens with zero attached hydrogens (tertiary/aromatic N) is 5. The maximum Gasteiger partial charge on any atom is 0.291 e. The molecule has 0 saturated carbocycles. The quantitative estimate of drug-likeness (QED) is 0.555. The normalized spacial score (nSPS) is 12.1. The molecule has 0 radical (unpaired) electrons. The highest BCUT2D eigenvalue weighted by Crippen LogP contribution is 2.14. The molecule has 4 aromatic heterocycles. The third kappa shape index (κ3) is 2.17. The molecule has 0 fully saturated rings. The highest BCUT2D eigenvalue weighted by Gasteiger charge is 2.11. The van der Waals surface area contributed by atoms with Crippen LogP contribution in [-0.4, -0.2) is 24.6 Å². The standard InChI is InChI=1S/C15H9N5OS/c21-14-12(8-10-2-1-5-17-9-10)22-15-18-13(19-20(14)15)11-3-6-16-7-4-11/h1-9H. The Balaban J connectivity index is 1.85. The SMILES string of the molecule is O=c1c(=Cc2cccnc2)sc2nc(-c3ccncc3)nn12. The minimum atomic E-state index is -0.170. The van der Waals surface area contributed by atoms with Gasteiger partial charge in [0.2, 0.25) is 4.96 Å². The molecule has 0 saturated heterocycles. The second-order valence-electron chi connectivity index (χ2n) is 4.57. The lowest BCUT2D eigenvalue weighted by Gasteiger charge is -1.91. The van der Waals surface area contributed by atoms with Gasteiger partial charge in [-0.3, -0.25) is 14.8 Å². The van der Waals surface area contributed by atoms with E-state index >= 15 is 0 Å². The van der Waals surface area contributed by atoms with Crippen LogP contribution in [0.5, 0.6) is 0 Å². The van der Waals surface area contributed by atoms with Gasteiger partial charge in [0.15, 0.2) is 5.82 Å². The average Bonchev–Trinajstić information content (AvgIpc) is 3.10. The van der Waals surface area contributed by atoms with E-state index in [2.05, 4.69) is 20.1 Å². The molecule has 0 unspecified atom stereocenters. The molecular formula is C15H9N5OS. The Morgan fingerprint density at radius 1 is 1.09 bits per heavy atom. The van der Waals surface area contributed by atoms with E-state index in [1.54, 1.807) is 30.9 Å². The van der Waals surface area contributed by atoms with Gasteiger partial charge >= 0.3 is 0 Å². The second-order valence-corrected chi connectivity index (χ2v) is 5.58. The lowest BCUT2D eigenvalue weighted by atomic mass is 10.3. The molecular weight excluding hydrogens is 298 g/mol. The van der Waals surface area contributed by atoms with Gasteiger partial charge in [0.05, 0.1) is 4.53 Å². The van der Waals surface area contributed by atoms with Crippen molar-refractivity contribution in [3.8, 4) is 11.4 Å². The van der Waals surface area contributed by atoms with Crippen LogP contribution in [0.4, 0.5) is 0 Å². The number of aromatic nitrogens is 5. The van der Waals surface area contributed by atoms with Crippen LogP contribution < -0.4 is 10.1 Å². The third-order valence-corrected chi connectivity index (χ3v) is 4.06. The van der Waals surface area contributed by atoms with Crippen LogP contribution >= 0.6 is 11.3 Å². The van der Waals surface area contributed by atoms with Crippen molar-refractivity contribution in [3.63, 3.8) is 0 Å². The number of pyridine rings is 2. The van der Waals surface area contributed by atoms with Crippen LogP contribution in [0.3, 0.4) is 0 Å². The number of rotatable bonds is 2. The number of hydrogen-bond donors (Lipinski definition) is 0. The third-order valence-electron chi connectivity index (χ3n) is 3.10. The van der Waals surface area contributed by atoms with Gasteiger partial charge in [-0.05, 0) is 29.8 Å². The molecule has 22 heavy (non-hydrogen) atoms. The van der Waals surface area contributed by atoms with E-state index in [-0.39, 0.29) is 5.56 Å². The second kappa shape index (κ2) is 5.12. The van der Waals surface area contributed by atoms with Gasteiger partial charge in [-0.15, -0.1) is 5.10 Å². The summed E-state index contributed by atoms with van der Waals surface area (Å²) in [5.41, 5.74) is 1.54. The van der Waals surface area contributed by atoms with Crippen LogP contribution in [0.2, 0.25) is 0 Å². The minimum Gasteiger partial charge on any atom is -0.266 e. The molecule has 4 rings (SSSR count). The molecule has 0 bridgehead atoms. The van der Waals surface area contributed by atoms with Crippen molar-refractivity contribution in [2.45, 2.75) is 0 Å². The Labute approximate surface area is 128 Å². The fraction of sp³-hybridized carbons (Fsp3) is 0. The molecule has 0 aliphatic heterocycles. The Bertz CT molecular complexity index is 1040. The van der Waals surface area contributed by atoms with E-state index in [0.717, 1.165) is 11.1 Å². The summed E-state index contributed by atoms with van der Waals surface area (Å²) in [6, 6.07) is 7.35. The van der Waals surface area contributed by atoms with E-state index < -0.39 is 0 Å². The van der Waals surface area contributed by atoms with Crippen molar-refractivity contribution in [3.05, 3.63) is 69.5 Å². The van der Waals surface area contributed by atoms with Gasteiger partial charge in [0.1, 0.15) is 0 Å². The summed E-state index contributed by atoms with van der Waals surface area (Å²) in [6.07, 6.45) is 8.54. The minimum absolute atomic E-state index is 0.170. The zero-order valence-corrected chi connectivity index (χ0v) is 12.1. The first-order valence-corrected chi connectivity index (χ1v) is 7.35. The summed E-state index contributed by atoms with van der Waals surface area (Å²) >= 11 is 1.31. The van der Waals surface area contributed by atoms with Crippen molar-refractivity contribution in [2.24, 2.45) is 0 Å². The van der Waals surface area contributed by atoms with Crippen molar-refractivity contribution in [1.29, 1.82) is 0 Å². The molecule has 0 aliphatic rings. The van der Waals surface area contributed by atoms with E-state index in [9.17, 15) is 4.79 Å². The molecule has 7 heteroatoms. The average molecular weight is 307 g/mol. The lowest BCUT2D eigenvalue weighted by molar-refractivity contribution is 0.936. The summed E-state index contributed by atoms with van der Waals surface area (Å²) in [7, 11) is 0. The van der Waals surface area contributed by atoms with Crippen molar-refractivity contribution in [2.75, 3.05) is 0 Å². The zero-order valence-electron chi connectivity index (χ0n) is 11.2. The first-order chi connectivity index (χ1) is 10.8. The smallest absolute Gasteiger partial charge is 0.266 e.